The number of nitro groups is 1. The van der Waals surface area contributed by atoms with Gasteiger partial charge in [0.25, 0.3) is 11.6 Å². The number of hydrogen-bond acceptors (Lipinski definition) is 7. The number of non-ortho nitro benzene ring substituents is 1. The van der Waals surface area contributed by atoms with Crippen molar-refractivity contribution in [3.63, 3.8) is 0 Å². The molecule has 0 radical (unpaired) electrons. The van der Waals surface area contributed by atoms with E-state index in [1.807, 2.05) is 24.3 Å². The Hall–Kier alpha value is -3.33. The first-order valence-corrected chi connectivity index (χ1v) is 10.5. The fourth-order valence-corrected chi connectivity index (χ4v) is 4.20. The first-order chi connectivity index (χ1) is 15.1. The molecule has 0 unspecified atom stereocenters. The highest BCUT2D eigenvalue weighted by Gasteiger charge is 2.27. The van der Waals surface area contributed by atoms with Crippen molar-refractivity contribution in [2.24, 2.45) is 0 Å². The van der Waals surface area contributed by atoms with E-state index in [4.69, 9.17) is 4.74 Å². The molecule has 0 aromatic heterocycles. The van der Waals surface area contributed by atoms with Crippen molar-refractivity contribution >= 4 is 23.0 Å². The summed E-state index contributed by atoms with van der Waals surface area (Å²) in [5, 5.41) is 14.6. The minimum absolute atomic E-state index is 0.0603. The molecule has 9 nitrogen and oxygen atoms in total. The fraction of sp³-hybridized carbons (Fsp3) is 0.409. The molecule has 9 heteroatoms. The van der Waals surface area contributed by atoms with Crippen molar-refractivity contribution in [1.82, 2.24) is 10.2 Å². The Bertz CT molecular complexity index is 953. The molecule has 2 fully saturated rings. The number of methoxy groups -OCH3 is 1. The van der Waals surface area contributed by atoms with E-state index in [1.165, 1.54) is 12.1 Å². The number of ether oxygens (including phenoxy) is 1. The Morgan fingerprint density at radius 1 is 0.968 bits per heavy atom. The van der Waals surface area contributed by atoms with Gasteiger partial charge in [0, 0.05) is 64.5 Å². The molecule has 4 rings (SSSR count). The number of hydrogen-bond donors (Lipinski definition) is 1. The summed E-state index contributed by atoms with van der Waals surface area (Å²) in [6, 6.07) is 12.5. The standard InChI is InChI=1S/C22H27N5O4/c1-31-21-5-3-2-4-20(21)25-14-12-24(13-15-25)19-7-6-17(27(29)30)16-18(19)22(28)26-10-8-23-9-11-26/h2-7,16,23H,8-15H2,1H3. The minimum Gasteiger partial charge on any atom is -0.495 e. The maximum Gasteiger partial charge on any atom is 0.270 e. The number of piperazine rings is 2. The van der Waals surface area contributed by atoms with Crippen LogP contribution in [0.5, 0.6) is 5.75 Å². The van der Waals surface area contributed by atoms with Gasteiger partial charge in [-0.25, -0.2) is 0 Å². The molecule has 1 N–H and O–H groups in total. The molecule has 164 valence electrons. The van der Waals surface area contributed by atoms with Gasteiger partial charge in [-0.2, -0.15) is 0 Å². The molecule has 2 aliphatic heterocycles. The normalized spacial score (nSPS) is 16.9. The van der Waals surface area contributed by atoms with Crippen LogP contribution in [0.3, 0.4) is 0 Å². The lowest BCUT2D eigenvalue weighted by atomic mass is 10.1. The second-order valence-corrected chi connectivity index (χ2v) is 7.65. The summed E-state index contributed by atoms with van der Waals surface area (Å²) in [6.45, 7) is 5.60. The van der Waals surface area contributed by atoms with Gasteiger partial charge in [-0.15, -0.1) is 0 Å². The van der Waals surface area contributed by atoms with Crippen LogP contribution in [0.1, 0.15) is 10.4 Å². The predicted molar refractivity (Wildman–Crippen MR) is 119 cm³/mol. The lowest BCUT2D eigenvalue weighted by Gasteiger charge is -2.38. The number of rotatable bonds is 5. The lowest BCUT2D eigenvalue weighted by molar-refractivity contribution is -0.384. The Labute approximate surface area is 181 Å². The molecule has 2 aromatic carbocycles. The molecular formula is C22H27N5O4. The molecule has 0 spiro atoms. The number of nitrogens with one attached hydrogen (secondary N) is 1. The zero-order valence-electron chi connectivity index (χ0n) is 17.6. The Morgan fingerprint density at radius 2 is 1.61 bits per heavy atom. The number of carbonyl (C=O) groups is 1. The van der Waals surface area contributed by atoms with Gasteiger partial charge in [0.1, 0.15) is 5.75 Å². The van der Waals surface area contributed by atoms with Crippen molar-refractivity contribution in [2.75, 3.05) is 69.3 Å². The third-order valence-corrected chi connectivity index (χ3v) is 5.87. The highest BCUT2D eigenvalue weighted by atomic mass is 16.6. The molecular weight excluding hydrogens is 398 g/mol. The monoisotopic (exact) mass is 425 g/mol. The first kappa shape index (κ1) is 20.9. The molecule has 2 aliphatic rings. The van der Waals surface area contributed by atoms with E-state index in [1.54, 1.807) is 18.1 Å². The van der Waals surface area contributed by atoms with Crippen molar-refractivity contribution in [1.29, 1.82) is 0 Å². The van der Waals surface area contributed by atoms with Crippen LogP contribution in [0, 0.1) is 10.1 Å². The number of nitro benzene ring substituents is 1. The Morgan fingerprint density at radius 3 is 2.26 bits per heavy atom. The molecule has 0 atom stereocenters. The average Bonchev–Trinajstić information content (AvgIpc) is 2.83. The second-order valence-electron chi connectivity index (χ2n) is 7.65. The first-order valence-electron chi connectivity index (χ1n) is 10.5. The summed E-state index contributed by atoms with van der Waals surface area (Å²) < 4.78 is 5.49. The van der Waals surface area contributed by atoms with Gasteiger partial charge in [-0.1, -0.05) is 12.1 Å². The second kappa shape index (κ2) is 9.22. The highest BCUT2D eigenvalue weighted by molar-refractivity contribution is 6.00. The molecule has 1 amide bonds. The Kier molecular flexibility index (Phi) is 6.22. The number of benzene rings is 2. The maximum absolute atomic E-state index is 13.2. The van der Waals surface area contributed by atoms with Crippen molar-refractivity contribution in [3.05, 3.63) is 58.1 Å². The predicted octanol–water partition coefficient (Wildman–Crippen LogP) is 1.98. The molecule has 2 saturated heterocycles. The zero-order chi connectivity index (χ0) is 21.8. The fourth-order valence-electron chi connectivity index (χ4n) is 4.20. The number of para-hydroxylation sites is 2. The van der Waals surface area contributed by atoms with Gasteiger partial charge >= 0.3 is 0 Å². The van der Waals surface area contributed by atoms with Crippen LogP contribution in [-0.2, 0) is 0 Å². The zero-order valence-corrected chi connectivity index (χ0v) is 17.6. The number of anilines is 2. The topological polar surface area (TPSA) is 91.2 Å². The van der Waals surface area contributed by atoms with Crippen molar-refractivity contribution in [3.8, 4) is 5.75 Å². The molecule has 2 aromatic rings. The average molecular weight is 425 g/mol. The summed E-state index contributed by atoms with van der Waals surface area (Å²) >= 11 is 0. The smallest absolute Gasteiger partial charge is 0.270 e. The van der Waals surface area contributed by atoms with Gasteiger partial charge < -0.3 is 24.8 Å². The summed E-state index contributed by atoms with van der Waals surface area (Å²) in [5.41, 5.74) is 2.15. The molecule has 0 bridgehead atoms. The van der Waals surface area contributed by atoms with Gasteiger partial charge in [-0.3, -0.25) is 14.9 Å². The van der Waals surface area contributed by atoms with Crippen molar-refractivity contribution < 1.29 is 14.5 Å². The van der Waals surface area contributed by atoms with E-state index in [2.05, 4.69) is 15.1 Å². The van der Waals surface area contributed by atoms with Crippen LogP contribution < -0.4 is 19.9 Å². The van der Waals surface area contributed by atoms with E-state index in [0.29, 0.717) is 31.7 Å². The number of amides is 1. The van der Waals surface area contributed by atoms with Crippen LogP contribution in [0.2, 0.25) is 0 Å². The maximum atomic E-state index is 13.2. The number of nitrogens with zero attached hydrogens (tertiary/aromatic N) is 4. The minimum atomic E-state index is -0.446. The third-order valence-electron chi connectivity index (χ3n) is 5.87. The SMILES string of the molecule is COc1ccccc1N1CCN(c2ccc([N+](=O)[O-])cc2C(=O)N2CCNCC2)CC1. The summed E-state index contributed by atoms with van der Waals surface area (Å²) in [5.74, 6) is 0.688. The molecule has 2 heterocycles. The van der Waals surface area contributed by atoms with Crippen molar-refractivity contribution in [2.45, 2.75) is 0 Å². The lowest BCUT2D eigenvalue weighted by Crippen LogP contribution is -2.48. The van der Waals surface area contributed by atoms with Crippen LogP contribution in [-0.4, -0.2) is 75.2 Å². The van der Waals surface area contributed by atoms with E-state index in [0.717, 1.165) is 43.3 Å². The van der Waals surface area contributed by atoms with Gasteiger partial charge in [-0.05, 0) is 18.2 Å². The Balaban J connectivity index is 1.56. The van der Waals surface area contributed by atoms with E-state index in [9.17, 15) is 14.9 Å². The van der Waals surface area contributed by atoms with Crippen LogP contribution in [0.25, 0.3) is 0 Å². The van der Waals surface area contributed by atoms with Gasteiger partial charge in [0.05, 0.1) is 29.0 Å². The van der Waals surface area contributed by atoms with E-state index in [-0.39, 0.29) is 11.6 Å². The van der Waals surface area contributed by atoms with Crippen LogP contribution in [0.15, 0.2) is 42.5 Å². The van der Waals surface area contributed by atoms with E-state index < -0.39 is 4.92 Å². The van der Waals surface area contributed by atoms with Crippen LogP contribution in [0.4, 0.5) is 17.1 Å². The highest BCUT2D eigenvalue weighted by Crippen LogP contribution is 2.31. The summed E-state index contributed by atoms with van der Waals surface area (Å²) in [4.78, 5) is 30.3. The largest absolute Gasteiger partial charge is 0.495 e. The van der Waals surface area contributed by atoms with Crippen LogP contribution >= 0.6 is 0 Å². The molecule has 31 heavy (non-hydrogen) atoms. The summed E-state index contributed by atoms with van der Waals surface area (Å²) in [6.07, 6.45) is 0. The van der Waals surface area contributed by atoms with Gasteiger partial charge in [0.15, 0.2) is 0 Å². The van der Waals surface area contributed by atoms with Gasteiger partial charge in [0.2, 0.25) is 0 Å². The van der Waals surface area contributed by atoms with E-state index >= 15 is 0 Å². The molecule has 0 aliphatic carbocycles. The molecule has 0 saturated carbocycles. The summed E-state index contributed by atoms with van der Waals surface area (Å²) in [7, 11) is 1.67. The quantitative estimate of drug-likeness (QED) is 0.579. The third kappa shape index (κ3) is 4.41. The number of carbonyl (C=O) groups excluding carboxylic acids is 1.